The Morgan fingerprint density at radius 3 is 2.54 bits per heavy atom. The van der Waals surface area contributed by atoms with Crippen LogP contribution in [0.5, 0.6) is 0 Å². The Balaban J connectivity index is 1.56. The number of hydrogen-bond donors (Lipinski definition) is 1. The molecular formula is C17H18ClN3O2S. The van der Waals surface area contributed by atoms with Crippen molar-refractivity contribution in [3.05, 3.63) is 52.9 Å². The Morgan fingerprint density at radius 1 is 1.21 bits per heavy atom. The lowest BCUT2D eigenvalue weighted by molar-refractivity contribution is 0.0661. The molecule has 1 aliphatic rings. The van der Waals surface area contributed by atoms with Gasteiger partial charge in [-0.1, -0.05) is 17.7 Å². The fraction of sp³-hybridized carbons (Fsp3) is 0.294. The number of nitrogens with zero attached hydrogens (tertiary/aromatic N) is 2. The second-order valence-corrected chi connectivity index (χ2v) is 6.46. The summed E-state index contributed by atoms with van der Waals surface area (Å²) in [5.41, 5.74) is 1.89. The molecule has 2 aromatic rings. The van der Waals surface area contributed by atoms with Crippen LogP contribution in [-0.4, -0.2) is 47.0 Å². The molecule has 1 N–H and O–H groups in total. The smallest absolute Gasteiger partial charge is 0.289 e. The number of aryl methyl sites for hydroxylation is 1. The first-order valence-corrected chi connectivity index (χ1v) is 8.48. The van der Waals surface area contributed by atoms with Gasteiger partial charge in [-0.2, -0.15) is 0 Å². The minimum atomic E-state index is -0.0832. The molecule has 0 atom stereocenters. The first-order chi connectivity index (χ1) is 11.5. The van der Waals surface area contributed by atoms with Gasteiger partial charge in [0.25, 0.3) is 5.91 Å². The lowest BCUT2D eigenvalue weighted by Gasteiger charge is -2.35. The van der Waals surface area contributed by atoms with Crippen molar-refractivity contribution in [1.29, 1.82) is 0 Å². The van der Waals surface area contributed by atoms with Crippen LogP contribution in [0.3, 0.4) is 0 Å². The SMILES string of the molecule is Cc1ccc(NC(=S)N2CCN(C(=O)c3ccco3)CC2)c(Cl)c1. The lowest BCUT2D eigenvalue weighted by atomic mass is 10.2. The summed E-state index contributed by atoms with van der Waals surface area (Å²) in [6.45, 7) is 4.53. The second-order valence-electron chi connectivity index (χ2n) is 5.67. The zero-order chi connectivity index (χ0) is 17.1. The summed E-state index contributed by atoms with van der Waals surface area (Å²) in [6.07, 6.45) is 1.51. The van der Waals surface area contributed by atoms with Crippen LogP contribution in [0.2, 0.25) is 5.02 Å². The summed E-state index contributed by atoms with van der Waals surface area (Å²) in [4.78, 5) is 16.1. The summed E-state index contributed by atoms with van der Waals surface area (Å²) in [5, 5.41) is 4.44. The Morgan fingerprint density at radius 2 is 1.92 bits per heavy atom. The maximum Gasteiger partial charge on any atom is 0.289 e. The molecule has 5 nitrogen and oxygen atoms in total. The van der Waals surface area contributed by atoms with Crippen molar-refractivity contribution in [1.82, 2.24) is 9.80 Å². The number of carbonyl (C=O) groups is 1. The van der Waals surface area contributed by atoms with Gasteiger partial charge >= 0.3 is 0 Å². The first kappa shape index (κ1) is 16.8. The van der Waals surface area contributed by atoms with E-state index in [1.54, 1.807) is 17.0 Å². The summed E-state index contributed by atoms with van der Waals surface area (Å²) in [6, 6.07) is 9.19. The topological polar surface area (TPSA) is 48.7 Å². The minimum absolute atomic E-state index is 0.0832. The zero-order valence-corrected chi connectivity index (χ0v) is 14.9. The molecule has 1 aliphatic heterocycles. The van der Waals surface area contributed by atoms with E-state index >= 15 is 0 Å². The predicted octanol–water partition coefficient (Wildman–Crippen LogP) is 3.40. The van der Waals surface area contributed by atoms with Crippen molar-refractivity contribution in [3.63, 3.8) is 0 Å². The highest BCUT2D eigenvalue weighted by atomic mass is 35.5. The molecule has 1 amide bonds. The van der Waals surface area contributed by atoms with E-state index < -0.39 is 0 Å². The zero-order valence-electron chi connectivity index (χ0n) is 13.3. The molecule has 7 heteroatoms. The van der Waals surface area contributed by atoms with Gasteiger partial charge in [0.2, 0.25) is 0 Å². The number of rotatable bonds is 2. The predicted molar refractivity (Wildman–Crippen MR) is 98.6 cm³/mol. The molecular weight excluding hydrogens is 346 g/mol. The number of furan rings is 1. The van der Waals surface area contributed by atoms with E-state index in [1.165, 1.54) is 6.26 Å². The lowest BCUT2D eigenvalue weighted by Crippen LogP contribution is -2.51. The van der Waals surface area contributed by atoms with Gasteiger partial charge in [0.15, 0.2) is 10.9 Å². The largest absolute Gasteiger partial charge is 0.459 e. The van der Waals surface area contributed by atoms with Crippen LogP contribution < -0.4 is 5.32 Å². The molecule has 24 heavy (non-hydrogen) atoms. The number of amides is 1. The molecule has 126 valence electrons. The van der Waals surface area contributed by atoms with Crippen LogP contribution in [-0.2, 0) is 0 Å². The summed E-state index contributed by atoms with van der Waals surface area (Å²) in [7, 11) is 0. The maximum absolute atomic E-state index is 12.3. The molecule has 1 aromatic carbocycles. The molecule has 2 heterocycles. The first-order valence-electron chi connectivity index (χ1n) is 7.69. The average molecular weight is 364 g/mol. The van der Waals surface area contributed by atoms with E-state index in [0.29, 0.717) is 42.1 Å². The van der Waals surface area contributed by atoms with Gasteiger partial charge in [0.05, 0.1) is 17.0 Å². The third kappa shape index (κ3) is 3.71. The molecule has 0 radical (unpaired) electrons. The standard InChI is InChI=1S/C17H18ClN3O2S/c1-12-4-5-14(13(18)11-12)19-17(24)21-8-6-20(7-9-21)16(22)15-3-2-10-23-15/h2-5,10-11H,6-9H2,1H3,(H,19,24). The van der Waals surface area contributed by atoms with Crippen molar-refractivity contribution in [3.8, 4) is 0 Å². The van der Waals surface area contributed by atoms with Crippen molar-refractivity contribution in [2.45, 2.75) is 6.92 Å². The Bertz CT molecular complexity index is 740. The molecule has 0 spiro atoms. The van der Waals surface area contributed by atoms with E-state index in [-0.39, 0.29) is 5.91 Å². The summed E-state index contributed by atoms with van der Waals surface area (Å²) in [5.74, 6) is 0.288. The van der Waals surface area contributed by atoms with Gasteiger partial charge in [0.1, 0.15) is 0 Å². The fourth-order valence-electron chi connectivity index (χ4n) is 2.58. The van der Waals surface area contributed by atoms with Crippen molar-refractivity contribution in [2.24, 2.45) is 0 Å². The van der Waals surface area contributed by atoms with Gasteiger partial charge in [-0.3, -0.25) is 4.79 Å². The van der Waals surface area contributed by atoms with Crippen LogP contribution in [0.25, 0.3) is 0 Å². The quantitative estimate of drug-likeness (QED) is 0.829. The number of carbonyl (C=O) groups excluding carboxylic acids is 1. The Labute approximate surface area is 151 Å². The van der Waals surface area contributed by atoms with Gasteiger partial charge in [0, 0.05) is 26.2 Å². The molecule has 1 fully saturated rings. The Kier molecular flexibility index (Phi) is 5.06. The van der Waals surface area contributed by atoms with E-state index in [4.69, 9.17) is 28.2 Å². The van der Waals surface area contributed by atoms with Crippen molar-refractivity contribution in [2.75, 3.05) is 31.5 Å². The number of nitrogens with one attached hydrogen (secondary N) is 1. The van der Waals surface area contributed by atoms with Crippen molar-refractivity contribution >= 4 is 40.5 Å². The van der Waals surface area contributed by atoms with E-state index in [2.05, 4.69) is 5.32 Å². The van der Waals surface area contributed by atoms with Crippen LogP contribution >= 0.6 is 23.8 Å². The van der Waals surface area contributed by atoms with Gasteiger partial charge in [-0.05, 0) is 49.0 Å². The van der Waals surface area contributed by atoms with E-state index in [1.807, 2.05) is 30.0 Å². The van der Waals surface area contributed by atoms with Crippen LogP contribution in [0.1, 0.15) is 16.1 Å². The van der Waals surface area contributed by atoms with Crippen LogP contribution in [0.4, 0.5) is 5.69 Å². The monoisotopic (exact) mass is 363 g/mol. The minimum Gasteiger partial charge on any atom is -0.459 e. The molecule has 0 bridgehead atoms. The van der Waals surface area contributed by atoms with Crippen LogP contribution in [0, 0.1) is 6.92 Å². The summed E-state index contributed by atoms with van der Waals surface area (Å²) < 4.78 is 5.17. The van der Waals surface area contributed by atoms with Gasteiger partial charge < -0.3 is 19.5 Å². The third-order valence-corrected chi connectivity index (χ3v) is 4.63. The van der Waals surface area contributed by atoms with E-state index in [0.717, 1.165) is 11.3 Å². The molecule has 3 rings (SSSR count). The molecule has 1 saturated heterocycles. The molecule has 0 unspecified atom stereocenters. The van der Waals surface area contributed by atoms with Gasteiger partial charge in [-0.25, -0.2) is 0 Å². The number of halogens is 1. The maximum atomic E-state index is 12.3. The molecule has 0 aliphatic carbocycles. The Hall–Kier alpha value is -2.05. The number of benzene rings is 1. The average Bonchev–Trinajstić information content (AvgIpc) is 3.11. The molecule has 0 saturated carbocycles. The number of hydrogen-bond acceptors (Lipinski definition) is 3. The summed E-state index contributed by atoms with van der Waals surface area (Å²) >= 11 is 11.7. The van der Waals surface area contributed by atoms with Gasteiger partial charge in [-0.15, -0.1) is 0 Å². The molecule has 1 aromatic heterocycles. The number of anilines is 1. The highest BCUT2D eigenvalue weighted by molar-refractivity contribution is 7.80. The second kappa shape index (κ2) is 7.23. The normalized spacial score (nSPS) is 14.6. The number of thiocarbonyl (C=S) groups is 1. The highest BCUT2D eigenvalue weighted by Crippen LogP contribution is 2.23. The van der Waals surface area contributed by atoms with E-state index in [9.17, 15) is 4.79 Å². The van der Waals surface area contributed by atoms with Crippen molar-refractivity contribution < 1.29 is 9.21 Å². The van der Waals surface area contributed by atoms with Crippen LogP contribution in [0.15, 0.2) is 41.0 Å². The fourth-order valence-corrected chi connectivity index (χ4v) is 3.16. The third-order valence-electron chi connectivity index (χ3n) is 3.95. The highest BCUT2D eigenvalue weighted by Gasteiger charge is 2.24. The number of piperazine rings is 1.